The van der Waals surface area contributed by atoms with E-state index in [1.54, 1.807) is 0 Å². The molecule has 0 radical (unpaired) electrons. The lowest BCUT2D eigenvalue weighted by atomic mass is 9.90. The first-order chi connectivity index (χ1) is 10.0. The molecular formula is C16H31N3O2. The summed E-state index contributed by atoms with van der Waals surface area (Å²) in [5, 5.41) is 3.14. The molecule has 1 aliphatic heterocycles. The molecule has 1 aliphatic rings. The van der Waals surface area contributed by atoms with Crippen molar-refractivity contribution >= 4 is 11.8 Å². The minimum atomic E-state index is -0.299. The van der Waals surface area contributed by atoms with Gasteiger partial charge in [0.15, 0.2) is 0 Å². The molecule has 0 aromatic rings. The monoisotopic (exact) mass is 297 g/mol. The number of hydrogen-bond acceptors (Lipinski definition) is 3. The molecule has 3 N–H and O–H groups in total. The third kappa shape index (κ3) is 4.70. The van der Waals surface area contributed by atoms with Crippen LogP contribution in [0.25, 0.3) is 0 Å². The van der Waals surface area contributed by atoms with E-state index in [-0.39, 0.29) is 23.3 Å². The van der Waals surface area contributed by atoms with E-state index in [1.807, 2.05) is 11.8 Å². The largest absolute Gasteiger partial charge is 0.349 e. The summed E-state index contributed by atoms with van der Waals surface area (Å²) in [6, 6.07) is 0. The summed E-state index contributed by atoms with van der Waals surface area (Å²) in [5.41, 5.74) is 5.54. The quantitative estimate of drug-likeness (QED) is 0.750. The molecule has 21 heavy (non-hydrogen) atoms. The van der Waals surface area contributed by atoms with Crippen LogP contribution in [-0.2, 0) is 9.59 Å². The number of likely N-dealkylation sites (tertiary alicyclic amines) is 1. The molecule has 1 unspecified atom stereocenters. The van der Waals surface area contributed by atoms with Crippen molar-refractivity contribution in [1.29, 1.82) is 0 Å². The molecule has 1 heterocycles. The SMILES string of the molecule is CCCC(=O)N1CCCC(C(=O)NC(CC)(CC)CN)C1. The van der Waals surface area contributed by atoms with Gasteiger partial charge in [0, 0.05) is 26.1 Å². The molecule has 1 atom stereocenters. The number of amides is 2. The van der Waals surface area contributed by atoms with Crippen LogP contribution in [0.5, 0.6) is 0 Å². The Morgan fingerprint density at radius 1 is 1.29 bits per heavy atom. The molecule has 2 amide bonds. The molecule has 0 aliphatic carbocycles. The van der Waals surface area contributed by atoms with Crippen molar-refractivity contribution in [3.63, 3.8) is 0 Å². The summed E-state index contributed by atoms with van der Waals surface area (Å²) in [5.74, 6) is 0.132. The highest BCUT2D eigenvalue weighted by Crippen LogP contribution is 2.20. The second-order valence-corrected chi connectivity index (χ2v) is 6.11. The molecule has 1 fully saturated rings. The van der Waals surface area contributed by atoms with E-state index >= 15 is 0 Å². The molecule has 0 bridgehead atoms. The highest BCUT2D eigenvalue weighted by molar-refractivity contribution is 5.82. The van der Waals surface area contributed by atoms with Crippen LogP contribution < -0.4 is 11.1 Å². The highest BCUT2D eigenvalue weighted by Gasteiger charge is 2.33. The van der Waals surface area contributed by atoms with Gasteiger partial charge in [-0.3, -0.25) is 9.59 Å². The fourth-order valence-electron chi connectivity index (χ4n) is 2.92. The topological polar surface area (TPSA) is 75.4 Å². The van der Waals surface area contributed by atoms with E-state index in [4.69, 9.17) is 5.73 Å². The smallest absolute Gasteiger partial charge is 0.225 e. The zero-order chi connectivity index (χ0) is 15.9. The van der Waals surface area contributed by atoms with E-state index in [2.05, 4.69) is 19.2 Å². The van der Waals surface area contributed by atoms with Crippen molar-refractivity contribution in [2.45, 2.75) is 64.8 Å². The van der Waals surface area contributed by atoms with Gasteiger partial charge in [-0.25, -0.2) is 0 Å². The van der Waals surface area contributed by atoms with Gasteiger partial charge in [0.05, 0.1) is 11.5 Å². The summed E-state index contributed by atoms with van der Waals surface area (Å²) in [4.78, 5) is 26.4. The summed E-state index contributed by atoms with van der Waals surface area (Å²) in [6.45, 7) is 7.90. The summed E-state index contributed by atoms with van der Waals surface area (Å²) < 4.78 is 0. The van der Waals surface area contributed by atoms with Crippen LogP contribution in [0.4, 0.5) is 0 Å². The maximum Gasteiger partial charge on any atom is 0.225 e. The molecular weight excluding hydrogens is 266 g/mol. The van der Waals surface area contributed by atoms with Crippen molar-refractivity contribution in [2.24, 2.45) is 11.7 Å². The van der Waals surface area contributed by atoms with Gasteiger partial charge in [-0.15, -0.1) is 0 Å². The van der Waals surface area contributed by atoms with Crippen molar-refractivity contribution in [3.8, 4) is 0 Å². The molecule has 1 rings (SSSR count). The lowest BCUT2D eigenvalue weighted by Gasteiger charge is -2.36. The third-order valence-electron chi connectivity index (χ3n) is 4.74. The van der Waals surface area contributed by atoms with Crippen molar-refractivity contribution < 1.29 is 9.59 Å². The number of rotatable bonds is 7. The van der Waals surface area contributed by atoms with Gasteiger partial charge < -0.3 is 16.0 Å². The normalized spacial score (nSPS) is 19.4. The number of nitrogens with two attached hydrogens (primary N) is 1. The lowest BCUT2D eigenvalue weighted by molar-refractivity contribution is -0.136. The van der Waals surface area contributed by atoms with Crippen LogP contribution in [0.1, 0.15) is 59.3 Å². The lowest BCUT2D eigenvalue weighted by Crippen LogP contribution is -2.56. The van der Waals surface area contributed by atoms with Gasteiger partial charge in [0.1, 0.15) is 0 Å². The first kappa shape index (κ1) is 18.0. The first-order valence-electron chi connectivity index (χ1n) is 8.31. The number of carbonyl (C=O) groups excluding carboxylic acids is 2. The first-order valence-corrected chi connectivity index (χ1v) is 8.31. The predicted octanol–water partition coefficient (Wildman–Crippen LogP) is 1.66. The molecule has 0 aromatic carbocycles. The summed E-state index contributed by atoms with van der Waals surface area (Å²) >= 11 is 0. The molecule has 0 saturated carbocycles. The maximum absolute atomic E-state index is 12.5. The Morgan fingerprint density at radius 3 is 2.48 bits per heavy atom. The summed E-state index contributed by atoms with van der Waals surface area (Å²) in [7, 11) is 0. The molecule has 5 nitrogen and oxygen atoms in total. The van der Waals surface area contributed by atoms with Crippen molar-refractivity contribution in [1.82, 2.24) is 10.2 Å². The average Bonchev–Trinajstić information content (AvgIpc) is 2.53. The van der Waals surface area contributed by atoms with Gasteiger partial charge >= 0.3 is 0 Å². The van der Waals surface area contributed by atoms with E-state index < -0.39 is 0 Å². The van der Waals surface area contributed by atoms with Crippen LogP contribution in [0.3, 0.4) is 0 Å². The molecule has 0 spiro atoms. The Hall–Kier alpha value is -1.10. The van der Waals surface area contributed by atoms with Gasteiger partial charge in [-0.2, -0.15) is 0 Å². The van der Waals surface area contributed by atoms with Crippen LogP contribution in [0.15, 0.2) is 0 Å². The fourth-order valence-corrected chi connectivity index (χ4v) is 2.92. The Kier molecular flexibility index (Phi) is 7.15. The standard InChI is InChI=1S/C16H31N3O2/c1-4-8-14(20)19-10-7-9-13(11-19)15(21)18-16(5-2,6-3)12-17/h13H,4-12,17H2,1-3H3,(H,18,21). The molecule has 5 heteroatoms. The average molecular weight is 297 g/mol. The zero-order valence-corrected chi connectivity index (χ0v) is 13.8. The number of hydrogen-bond donors (Lipinski definition) is 2. The van der Waals surface area contributed by atoms with E-state index in [9.17, 15) is 9.59 Å². The number of piperidine rings is 1. The van der Waals surface area contributed by atoms with E-state index in [1.165, 1.54) is 0 Å². The Labute approximate surface area is 128 Å². The molecule has 0 aromatic heterocycles. The maximum atomic E-state index is 12.5. The van der Waals surface area contributed by atoms with Crippen LogP contribution in [-0.4, -0.2) is 41.9 Å². The number of nitrogens with one attached hydrogen (secondary N) is 1. The second kappa shape index (κ2) is 8.37. The van der Waals surface area contributed by atoms with Crippen molar-refractivity contribution in [2.75, 3.05) is 19.6 Å². The Bertz CT molecular complexity index is 345. The second-order valence-electron chi connectivity index (χ2n) is 6.11. The molecule has 1 saturated heterocycles. The fraction of sp³-hybridized carbons (Fsp3) is 0.875. The van der Waals surface area contributed by atoms with E-state index in [0.717, 1.165) is 38.6 Å². The summed E-state index contributed by atoms with van der Waals surface area (Å²) in [6.07, 6.45) is 4.85. The predicted molar refractivity (Wildman–Crippen MR) is 84.7 cm³/mol. The van der Waals surface area contributed by atoms with Crippen LogP contribution in [0, 0.1) is 5.92 Å². The highest BCUT2D eigenvalue weighted by atomic mass is 16.2. The van der Waals surface area contributed by atoms with Crippen LogP contribution >= 0.6 is 0 Å². The number of nitrogens with zero attached hydrogens (tertiary/aromatic N) is 1. The third-order valence-corrected chi connectivity index (χ3v) is 4.74. The van der Waals surface area contributed by atoms with Gasteiger partial charge in [0.2, 0.25) is 11.8 Å². The minimum absolute atomic E-state index is 0.0538. The van der Waals surface area contributed by atoms with Gasteiger partial charge in [-0.05, 0) is 32.1 Å². The minimum Gasteiger partial charge on any atom is -0.349 e. The van der Waals surface area contributed by atoms with Crippen molar-refractivity contribution in [3.05, 3.63) is 0 Å². The zero-order valence-electron chi connectivity index (χ0n) is 13.8. The Morgan fingerprint density at radius 2 is 1.95 bits per heavy atom. The van der Waals surface area contributed by atoms with Gasteiger partial charge in [0.25, 0.3) is 0 Å². The van der Waals surface area contributed by atoms with Gasteiger partial charge in [-0.1, -0.05) is 20.8 Å². The Balaban J connectivity index is 2.63. The molecule has 122 valence electrons. The number of carbonyl (C=O) groups is 2. The van der Waals surface area contributed by atoms with Crippen LogP contribution in [0.2, 0.25) is 0 Å². The van der Waals surface area contributed by atoms with E-state index in [0.29, 0.717) is 19.5 Å².